The molecule has 0 heterocycles. The van der Waals surface area contributed by atoms with Crippen LogP contribution in [0.4, 0.5) is 5.69 Å². The summed E-state index contributed by atoms with van der Waals surface area (Å²) in [5.74, 6) is -0.269. The molecule has 0 atom stereocenters. The highest BCUT2D eigenvalue weighted by Crippen LogP contribution is 2.36. The summed E-state index contributed by atoms with van der Waals surface area (Å²) in [7, 11) is 0. The Kier molecular flexibility index (Phi) is 4.59. The summed E-state index contributed by atoms with van der Waals surface area (Å²) in [6, 6.07) is 9.47. The Hall–Kier alpha value is -1.47. The third kappa shape index (κ3) is 4.92. The number of carbonyl (C=O) groups excluding carboxylic acids is 1. The number of hydrogen-bond donors (Lipinski definition) is 1. The topological polar surface area (TPSA) is 52.9 Å². The molecule has 0 spiro atoms. The van der Waals surface area contributed by atoms with Crippen molar-refractivity contribution in [1.29, 1.82) is 5.26 Å². The van der Waals surface area contributed by atoms with E-state index in [1.165, 1.54) is 0 Å². The molecule has 1 aromatic carbocycles. The first-order chi connectivity index (χ1) is 7.92. The van der Waals surface area contributed by atoms with E-state index in [2.05, 4.69) is 26.1 Å². The smallest absolute Gasteiger partial charge is 0.238 e. The minimum atomic E-state index is -0.269. The number of thioether (sulfide) groups is 1. The first-order valence-corrected chi connectivity index (χ1v) is 6.19. The Morgan fingerprint density at radius 3 is 2.65 bits per heavy atom. The van der Waals surface area contributed by atoms with Gasteiger partial charge in [-0.1, -0.05) is 32.9 Å². The largest absolute Gasteiger partial charge is 0.324 e. The van der Waals surface area contributed by atoms with Gasteiger partial charge in [0.15, 0.2) is 0 Å². The second-order valence-electron chi connectivity index (χ2n) is 4.59. The van der Waals surface area contributed by atoms with Crippen molar-refractivity contribution in [3.8, 4) is 6.07 Å². The van der Waals surface area contributed by atoms with Crippen molar-refractivity contribution in [2.24, 2.45) is 0 Å². The average Bonchev–Trinajstić information content (AvgIpc) is 2.19. The van der Waals surface area contributed by atoms with Gasteiger partial charge >= 0.3 is 0 Å². The standard InChI is InChI=1S/C13H16N2OS/c1-13(2,3)17-11-7-5-4-6-10(11)15-12(16)8-9-14/h4-7H,8H2,1-3H3,(H,15,16). The van der Waals surface area contributed by atoms with Crippen molar-refractivity contribution >= 4 is 23.4 Å². The highest BCUT2D eigenvalue weighted by Gasteiger charge is 2.15. The molecule has 0 saturated carbocycles. The van der Waals surface area contributed by atoms with Crippen molar-refractivity contribution < 1.29 is 4.79 Å². The molecule has 0 aliphatic heterocycles. The summed E-state index contributed by atoms with van der Waals surface area (Å²) in [4.78, 5) is 12.4. The van der Waals surface area contributed by atoms with E-state index in [1.807, 2.05) is 30.3 Å². The van der Waals surface area contributed by atoms with Crippen LogP contribution >= 0.6 is 11.8 Å². The van der Waals surface area contributed by atoms with Gasteiger partial charge in [-0.3, -0.25) is 4.79 Å². The van der Waals surface area contributed by atoms with Crippen molar-refractivity contribution in [2.75, 3.05) is 5.32 Å². The van der Waals surface area contributed by atoms with Crippen molar-refractivity contribution in [2.45, 2.75) is 36.8 Å². The Morgan fingerprint density at radius 1 is 1.41 bits per heavy atom. The van der Waals surface area contributed by atoms with Crippen LogP contribution < -0.4 is 5.32 Å². The van der Waals surface area contributed by atoms with E-state index in [0.29, 0.717) is 0 Å². The average molecular weight is 248 g/mol. The van der Waals surface area contributed by atoms with E-state index in [1.54, 1.807) is 11.8 Å². The van der Waals surface area contributed by atoms with Crippen LogP contribution in [0.25, 0.3) is 0 Å². The van der Waals surface area contributed by atoms with Gasteiger partial charge in [0.05, 0.1) is 11.8 Å². The Balaban J connectivity index is 2.85. The molecular formula is C13H16N2OS. The number of nitrogens with zero attached hydrogens (tertiary/aromatic N) is 1. The summed E-state index contributed by atoms with van der Waals surface area (Å²) in [5, 5.41) is 11.2. The number of hydrogen-bond acceptors (Lipinski definition) is 3. The first kappa shape index (κ1) is 13.6. The van der Waals surface area contributed by atoms with Gasteiger partial charge in [-0.25, -0.2) is 0 Å². The lowest BCUT2D eigenvalue weighted by molar-refractivity contribution is -0.115. The second kappa shape index (κ2) is 5.74. The van der Waals surface area contributed by atoms with Crippen LogP contribution in [0.2, 0.25) is 0 Å². The Bertz CT molecular complexity index is 443. The van der Waals surface area contributed by atoms with Crippen molar-refractivity contribution in [3.63, 3.8) is 0 Å². The predicted octanol–water partition coefficient (Wildman–Crippen LogP) is 3.43. The number of nitrogens with one attached hydrogen (secondary N) is 1. The molecule has 90 valence electrons. The molecule has 0 unspecified atom stereocenters. The van der Waals surface area contributed by atoms with Crippen LogP contribution in [0.3, 0.4) is 0 Å². The van der Waals surface area contributed by atoms with Crippen LogP contribution in [0, 0.1) is 11.3 Å². The predicted molar refractivity (Wildman–Crippen MR) is 70.9 cm³/mol. The summed E-state index contributed by atoms with van der Waals surface area (Å²) in [5.41, 5.74) is 0.771. The zero-order chi connectivity index (χ0) is 12.9. The fourth-order valence-electron chi connectivity index (χ4n) is 1.25. The zero-order valence-corrected chi connectivity index (χ0v) is 11.1. The molecule has 4 heteroatoms. The van der Waals surface area contributed by atoms with Gasteiger partial charge < -0.3 is 5.32 Å². The number of amides is 1. The number of nitriles is 1. The minimum Gasteiger partial charge on any atom is -0.324 e. The molecule has 1 aromatic rings. The third-order valence-electron chi connectivity index (χ3n) is 1.82. The number of rotatable bonds is 3. The van der Waals surface area contributed by atoms with E-state index in [4.69, 9.17) is 5.26 Å². The zero-order valence-electron chi connectivity index (χ0n) is 10.3. The molecule has 0 radical (unpaired) electrons. The van der Waals surface area contributed by atoms with Crippen LogP contribution in [0.15, 0.2) is 29.2 Å². The van der Waals surface area contributed by atoms with E-state index in [-0.39, 0.29) is 17.1 Å². The molecule has 1 amide bonds. The fourth-order valence-corrected chi connectivity index (χ4v) is 2.29. The lowest BCUT2D eigenvalue weighted by atomic mass is 10.3. The summed E-state index contributed by atoms with van der Waals surface area (Å²) in [6.07, 6.45) is -0.117. The molecular weight excluding hydrogens is 232 g/mol. The minimum absolute atomic E-state index is 0.0794. The monoisotopic (exact) mass is 248 g/mol. The van der Waals surface area contributed by atoms with Crippen LogP contribution in [0.1, 0.15) is 27.2 Å². The van der Waals surface area contributed by atoms with E-state index >= 15 is 0 Å². The number of para-hydroxylation sites is 1. The maximum absolute atomic E-state index is 11.4. The van der Waals surface area contributed by atoms with E-state index in [9.17, 15) is 4.79 Å². The van der Waals surface area contributed by atoms with Gasteiger partial charge in [0, 0.05) is 9.64 Å². The molecule has 1 N–H and O–H groups in total. The molecule has 0 aliphatic carbocycles. The van der Waals surface area contributed by atoms with Gasteiger partial charge in [0.25, 0.3) is 0 Å². The molecule has 0 aliphatic rings. The van der Waals surface area contributed by atoms with Gasteiger partial charge in [0.1, 0.15) is 6.42 Å². The molecule has 0 fully saturated rings. The van der Waals surface area contributed by atoms with E-state index < -0.39 is 0 Å². The first-order valence-electron chi connectivity index (χ1n) is 5.37. The fraction of sp³-hybridized carbons (Fsp3) is 0.385. The number of benzene rings is 1. The Labute approximate surface area is 106 Å². The maximum Gasteiger partial charge on any atom is 0.238 e. The quantitative estimate of drug-likeness (QED) is 0.834. The lowest BCUT2D eigenvalue weighted by Crippen LogP contribution is -2.12. The van der Waals surface area contributed by atoms with Gasteiger partial charge in [-0.15, -0.1) is 11.8 Å². The van der Waals surface area contributed by atoms with Crippen LogP contribution in [0.5, 0.6) is 0 Å². The normalized spacial score (nSPS) is 10.7. The lowest BCUT2D eigenvalue weighted by Gasteiger charge is -2.19. The van der Waals surface area contributed by atoms with E-state index in [0.717, 1.165) is 10.6 Å². The van der Waals surface area contributed by atoms with Crippen molar-refractivity contribution in [1.82, 2.24) is 0 Å². The van der Waals surface area contributed by atoms with Gasteiger partial charge in [-0.05, 0) is 12.1 Å². The van der Waals surface area contributed by atoms with Gasteiger partial charge in [0.2, 0.25) is 5.91 Å². The molecule has 17 heavy (non-hydrogen) atoms. The van der Waals surface area contributed by atoms with Crippen molar-refractivity contribution in [3.05, 3.63) is 24.3 Å². The molecule has 3 nitrogen and oxygen atoms in total. The maximum atomic E-state index is 11.4. The number of anilines is 1. The van der Waals surface area contributed by atoms with Crippen LogP contribution in [-0.2, 0) is 4.79 Å². The van der Waals surface area contributed by atoms with Crippen LogP contribution in [-0.4, -0.2) is 10.7 Å². The third-order valence-corrected chi connectivity index (χ3v) is 3.01. The highest BCUT2D eigenvalue weighted by molar-refractivity contribution is 8.00. The second-order valence-corrected chi connectivity index (χ2v) is 6.46. The molecule has 0 bridgehead atoms. The Morgan fingerprint density at radius 2 is 2.06 bits per heavy atom. The summed E-state index contributed by atoms with van der Waals surface area (Å²) < 4.78 is 0.0794. The molecule has 1 rings (SSSR count). The summed E-state index contributed by atoms with van der Waals surface area (Å²) in [6.45, 7) is 6.35. The van der Waals surface area contributed by atoms with Gasteiger partial charge in [-0.2, -0.15) is 5.26 Å². The highest BCUT2D eigenvalue weighted by atomic mass is 32.2. The summed E-state index contributed by atoms with van der Waals surface area (Å²) >= 11 is 1.69. The molecule has 0 aromatic heterocycles. The number of carbonyl (C=O) groups is 1. The molecule has 0 saturated heterocycles. The SMILES string of the molecule is CC(C)(C)Sc1ccccc1NC(=O)CC#N.